The Morgan fingerprint density at radius 1 is 0.600 bits per heavy atom. The first kappa shape index (κ1) is 22.3. The van der Waals surface area contributed by atoms with E-state index in [-0.39, 0.29) is 6.10 Å². The standard InChI is InChI=1S/C32H26ClOP/c1-24-17-22-31-30(23-24)32(25-18-20-26(33)21-19-25)34-35(31,27-11-5-2-6-12-27,28-13-7-3-8-14-28)29-15-9-4-10-16-29/h2-23,32H,1H3/t32-/m0/s1. The molecule has 35 heavy (non-hydrogen) atoms. The predicted octanol–water partition coefficient (Wildman–Crippen LogP) is 6.84. The third-order valence-electron chi connectivity index (χ3n) is 7.16. The summed E-state index contributed by atoms with van der Waals surface area (Å²) >= 11 is 6.28. The van der Waals surface area contributed by atoms with Crippen molar-refractivity contribution in [2.75, 3.05) is 0 Å². The number of hydrogen-bond donors (Lipinski definition) is 0. The Kier molecular flexibility index (Phi) is 5.38. The van der Waals surface area contributed by atoms with Gasteiger partial charge in [0.15, 0.2) is 0 Å². The van der Waals surface area contributed by atoms with Crippen LogP contribution in [0.1, 0.15) is 22.8 Å². The van der Waals surface area contributed by atoms with E-state index in [9.17, 15) is 0 Å². The molecule has 5 aromatic rings. The van der Waals surface area contributed by atoms with Gasteiger partial charge in [0.2, 0.25) is 0 Å². The van der Waals surface area contributed by atoms with Crippen LogP contribution in [-0.2, 0) is 4.52 Å². The van der Waals surface area contributed by atoms with Crippen LogP contribution in [0.4, 0.5) is 0 Å². The van der Waals surface area contributed by atoms with Gasteiger partial charge in [-0.25, -0.2) is 0 Å². The first-order valence-corrected chi connectivity index (χ1v) is 14.4. The first-order chi connectivity index (χ1) is 17.1. The summed E-state index contributed by atoms with van der Waals surface area (Å²) in [5.41, 5.74) is 3.55. The van der Waals surface area contributed by atoms with Gasteiger partial charge in [0.25, 0.3) is 0 Å². The molecular weight excluding hydrogens is 467 g/mol. The van der Waals surface area contributed by atoms with Crippen molar-refractivity contribution < 1.29 is 4.52 Å². The van der Waals surface area contributed by atoms with Crippen molar-refractivity contribution in [1.82, 2.24) is 0 Å². The van der Waals surface area contributed by atoms with E-state index in [0.717, 1.165) is 10.6 Å². The Morgan fingerprint density at radius 2 is 1.09 bits per heavy atom. The molecule has 3 heteroatoms. The minimum absolute atomic E-state index is 0.222. The van der Waals surface area contributed by atoms with Crippen LogP contribution in [0.2, 0.25) is 5.02 Å². The van der Waals surface area contributed by atoms with Gasteiger partial charge >= 0.3 is 212 Å². The van der Waals surface area contributed by atoms with Crippen molar-refractivity contribution in [2.45, 2.75) is 13.0 Å². The molecule has 1 aliphatic heterocycles. The van der Waals surface area contributed by atoms with Crippen molar-refractivity contribution in [2.24, 2.45) is 0 Å². The predicted molar refractivity (Wildman–Crippen MR) is 150 cm³/mol. The third-order valence-corrected chi connectivity index (χ3v) is 13.2. The van der Waals surface area contributed by atoms with Crippen LogP contribution in [-0.4, -0.2) is 0 Å². The summed E-state index contributed by atoms with van der Waals surface area (Å²) in [5, 5.41) is 5.61. The van der Waals surface area contributed by atoms with Crippen molar-refractivity contribution in [3.05, 3.63) is 155 Å². The Balaban J connectivity index is 1.82. The summed E-state index contributed by atoms with van der Waals surface area (Å²) < 4.78 is 7.73. The molecule has 0 N–H and O–H groups in total. The molecule has 172 valence electrons. The molecule has 0 saturated heterocycles. The second kappa shape index (κ2) is 8.47. The van der Waals surface area contributed by atoms with E-state index in [0.29, 0.717) is 0 Å². The summed E-state index contributed by atoms with van der Waals surface area (Å²) in [6, 6.07) is 47.4. The van der Waals surface area contributed by atoms with Gasteiger partial charge in [-0.3, -0.25) is 0 Å². The Labute approximate surface area is 212 Å². The molecule has 6 rings (SSSR count). The van der Waals surface area contributed by atoms with Gasteiger partial charge in [-0.1, -0.05) is 0 Å². The topological polar surface area (TPSA) is 9.23 Å². The number of benzene rings is 5. The van der Waals surface area contributed by atoms with E-state index < -0.39 is 6.83 Å². The molecule has 1 heterocycles. The molecule has 0 aliphatic carbocycles. The van der Waals surface area contributed by atoms with Crippen LogP contribution in [0.25, 0.3) is 0 Å². The summed E-state index contributed by atoms with van der Waals surface area (Å²) in [6.45, 7) is -1.42. The molecule has 0 fully saturated rings. The van der Waals surface area contributed by atoms with E-state index in [1.807, 2.05) is 12.1 Å². The van der Waals surface area contributed by atoms with Crippen molar-refractivity contribution in [3.8, 4) is 0 Å². The van der Waals surface area contributed by atoms with E-state index in [1.165, 1.54) is 32.3 Å². The van der Waals surface area contributed by atoms with Gasteiger partial charge in [0.05, 0.1) is 0 Å². The van der Waals surface area contributed by atoms with E-state index >= 15 is 0 Å². The number of fused-ring (bicyclic) bond motifs is 1. The fourth-order valence-electron chi connectivity index (χ4n) is 5.66. The van der Waals surface area contributed by atoms with Crippen molar-refractivity contribution in [1.29, 1.82) is 0 Å². The maximum atomic E-state index is 7.73. The molecule has 0 radical (unpaired) electrons. The summed E-state index contributed by atoms with van der Waals surface area (Å²) in [5.74, 6) is 0. The van der Waals surface area contributed by atoms with Crippen molar-refractivity contribution in [3.63, 3.8) is 0 Å². The second-order valence-electron chi connectivity index (χ2n) is 9.14. The number of halogens is 1. The Bertz CT molecular complexity index is 1380. The van der Waals surface area contributed by atoms with Crippen LogP contribution in [0.15, 0.2) is 133 Å². The van der Waals surface area contributed by atoms with Gasteiger partial charge in [0, 0.05) is 0 Å². The number of rotatable bonds is 4. The average Bonchev–Trinajstić information content (AvgIpc) is 3.23. The Morgan fingerprint density at radius 3 is 1.57 bits per heavy atom. The SMILES string of the molecule is Cc1ccc2c(c1)[C@H](c1ccc(Cl)cc1)OP2(c1ccccc1)(c1ccccc1)c1ccccc1. The molecule has 0 saturated carbocycles. The number of hydrogen-bond acceptors (Lipinski definition) is 1. The van der Waals surface area contributed by atoms with Gasteiger partial charge in [-0.05, 0) is 0 Å². The van der Waals surface area contributed by atoms with E-state index in [4.69, 9.17) is 16.1 Å². The minimum atomic E-state index is -3.58. The normalized spacial score (nSPS) is 18.8. The molecule has 0 spiro atoms. The zero-order valence-corrected chi connectivity index (χ0v) is 21.2. The first-order valence-electron chi connectivity index (χ1n) is 11.9. The molecule has 1 nitrogen and oxygen atoms in total. The zero-order chi connectivity index (χ0) is 23.9. The monoisotopic (exact) mass is 492 g/mol. The zero-order valence-electron chi connectivity index (χ0n) is 19.5. The fraction of sp³-hybridized carbons (Fsp3) is 0.0625. The van der Waals surface area contributed by atoms with Crippen LogP contribution in [0.3, 0.4) is 0 Å². The maximum absolute atomic E-state index is 7.73. The third kappa shape index (κ3) is 3.16. The van der Waals surface area contributed by atoms with Crippen LogP contribution in [0.5, 0.6) is 0 Å². The average molecular weight is 493 g/mol. The van der Waals surface area contributed by atoms with Crippen molar-refractivity contribution >= 4 is 39.6 Å². The molecular formula is C32H26ClOP. The fourth-order valence-corrected chi connectivity index (χ4v) is 11.9. The van der Waals surface area contributed by atoms with E-state index in [2.05, 4.69) is 128 Å². The second-order valence-corrected chi connectivity index (χ2v) is 13.9. The molecule has 0 amide bonds. The molecule has 1 atom stereocenters. The van der Waals surface area contributed by atoms with Gasteiger partial charge in [0.1, 0.15) is 0 Å². The molecule has 0 unspecified atom stereocenters. The van der Waals surface area contributed by atoms with Gasteiger partial charge < -0.3 is 0 Å². The van der Waals surface area contributed by atoms with Crippen LogP contribution >= 0.6 is 18.4 Å². The van der Waals surface area contributed by atoms with Gasteiger partial charge in [-0.15, -0.1) is 0 Å². The molecule has 1 aliphatic rings. The summed E-state index contributed by atoms with van der Waals surface area (Å²) in [7, 11) is 0. The van der Waals surface area contributed by atoms with Crippen LogP contribution < -0.4 is 21.2 Å². The van der Waals surface area contributed by atoms with Gasteiger partial charge in [-0.2, -0.15) is 0 Å². The molecule has 0 bridgehead atoms. The molecule has 5 aromatic carbocycles. The summed E-state index contributed by atoms with van der Waals surface area (Å²) in [6.07, 6.45) is -0.222. The summed E-state index contributed by atoms with van der Waals surface area (Å²) in [4.78, 5) is 0. The molecule has 0 aromatic heterocycles. The quantitative estimate of drug-likeness (QED) is 0.250. The number of aryl methyl sites for hydroxylation is 1. The Hall–Kier alpha value is -3.22. The van der Waals surface area contributed by atoms with E-state index in [1.54, 1.807) is 0 Å². The van der Waals surface area contributed by atoms with Crippen LogP contribution in [0, 0.1) is 6.92 Å².